The van der Waals surface area contributed by atoms with Crippen LogP contribution in [0.4, 0.5) is 5.69 Å². The van der Waals surface area contributed by atoms with E-state index in [9.17, 15) is 0 Å². The molecule has 6 rings (SSSR count). The first-order valence-electron chi connectivity index (χ1n) is 17.0. The fraction of sp³-hybridized carbons (Fsp3) is 0.317. The number of benzene rings is 3. The molecule has 266 valence electrons. The van der Waals surface area contributed by atoms with Crippen LogP contribution < -0.4 is 33.3 Å². The SMILES string of the molecule is COc1cc(-c2cncc(CN3CCC(N(Cc4ccnc(-c5cc(OC)c(OC)c(OC)c5)c4)c4ccccc4)CC3)c2)cc(OC)c1OC. The van der Waals surface area contributed by atoms with Crippen LogP contribution in [0.3, 0.4) is 0 Å². The second-order valence-electron chi connectivity index (χ2n) is 12.4. The van der Waals surface area contributed by atoms with Gasteiger partial charge in [0.05, 0.1) is 48.4 Å². The number of nitrogens with zero attached hydrogens (tertiary/aromatic N) is 4. The Hall–Kier alpha value is -5.48. The summed E-state index contributed by atoms with van der Waals surface area (Å²) >= 11 is 0. The van der Waals surface area contributed by atoms with Gasteiger partial charge in [-0.3, -0.25) is 14.9 Å². The number of anilines is 1. The van der Waals surface area contributed by atoms with E-state index in [1.54, 1.807) is 42.7 Å². The lowest BCUT2D eigenvalue weighted by molar-refractivity contribution is 0.200. The average molecular weight is 691 g/mol. The number of hydrogen-bond donors (Lipinski definition) is 0. The number of aromatic nitrogens is 2. The van der Waals surface area contributed by atoms with Gasteiger partial charge in [0.15, 0.2) is 23.0 Å². The van der Waals surface area contributed by atoms with Crippen molar-refractivity contribution in [2.75, 3.05) is 60.6 Å². The summed E-state index contributed by atoms with van der Waals surface area (Å²) in [6, 6.07) is 25.3. The fourth-order valence-electron chi connectivity index (χ4n) is 6.83. The first-order valence-corrected chi connectivity index (χ1v) is 17.0. The van der Waals surface area contributed by atoms with Crippen LogP contribution in [0.25, 0.3) is 22.4 Å². The molecular weight excluding hydrogens is 644 g/mol. The Bertz CT molecular complexity index is 1860. The predicted molar refractivity (Wildman–Crippen MR) is 200 cm³/mol. The van der Waals surface area contributed by atoms with Crippen LogP contribution >= 0.6 is 0 Å². The minimum atomic E-state index is 0.380. The Morgan fingerprint density at radius 3 is 1.78 bits per heavy atom. The van der Waals surface area contributed by atoms with Crippen LogP contribution in [0.5, 0.6) is 34.5 Å². The molecule has 0 spiro atoms. The molecule has 0 saturated carbocycles. The van der Waals surface area contributed by atoms with Crippen molar-refractivity contribution in [1.82, 2.24) is 14.9 Å². The Balaban J connectivity index is 1.17. The normalized spacial score (nSPS) is 13.4. The Morgan fingerprint density at radius 2 is 1.22 bits per heavy atom. The van der Waals surface area contributed by atoms with Gasteiger partial charge in [-0.2, -0.15) is 0 Å². The molecule has 5 aromatic rings. The zero-order valence-electron chi connectivity index (χ0n) is 30.2. The molecule has 3 heterocycles. The van der Waals surface area contributed by atoms with E-state index in [1.165, 1.54) is 11.3 Å². The summed E-state index contributed by atoms with van der Waals surface area (Å²) in [6.07, 6.45) is 7.79. The molecule has 3 aromatic carbocycles. The highest BCUT2D eigenvalue weighted by Gasteiger charge is 2.26. The van der Waals surface area contributed by atoms with Crippen LogP contribution in [0, 0.1) is 0 Å². The molecule has 0 unspecified atom stereocenters. The lowest BCUT2D eigenvalue weighted by atomic mass is 9.99. The second kappa shape index (κ2) is 16.5. The smallest absolute Gasteiger partial charge is 0.203 e. The summed E-state index contributed by atoms with van der Waals surface area (Å²) < 4.78 is 33.4. The number of hydrogen-bond acceptors (Lipinski definition) is 10. The third-order valence-corrected chi connectivity index (χ3v) is 9.42. The topological polar surface area (TPSA) is 87.6 Å². The van der Waals surface area contributed by atoms with Gasteiger partial charge in [0.25, 0.3) is 0 Å². The van der Waals surface area contributed by atoms with E-state index < -0.39 is 0 Å². The molecule has 0 aliphatic carbocycles. The summed E-state index contributed by atoms with van der Waals surface area (Å²) in [5.74, 6) is 3.56. The molecule has 1 saturated heterocycles. The van der Waals surface area contributed by atoms with Crippen LogP contribution in [-0.4, -0.2) is 76.7 Å². The quantitative estimate of drug-likeness (QED) is 0.117. The maximum absolute atomic E-state index is 5.61. The Kier molecular flexibility index (Phi) is 11.4. The number of likely N-dealkylation sites (tertiary alicyclic amines) is 1. The zero-order chi connectivity index (χ0) is 35.7. The third-order valence-electron chi connectivity index (χ3n) is 9.42. The molecule has 1 aliphatic rings. The summed E-state index contributed by atoms with van der Waals surface area (Å²) in [6.45, 7) is 3.55. The first kappa shape index (κ1) is 35.3. The molecule has 1 fully saturated rings. The van der Waals surface area contributed by atoms with E-state index in [1.807, 2.05) is 42.9 Å². The highest BCUT2D eigenvalue weighted by atomic mass is 16.5. The molecule has 0 atom stereocenters. The van der Waals surface area contributed by atoms with Gasteiger partial charge in [0.1, 0.15) is 0 Å². The predicted octanol–water partition coefficient (Wildman–Crippen LogP) is 7.53. The maximum Gasteiger partial charge on any atom is 0.203 e. The van der Waals surface area contributed by atoms with Crippen LogP contribution in [0.1, 0.15) is 24.0 Å². The van der Waals surface area contributed by atoms with Gasteiger partial charge in [0.2, 0.25) is 11.5 Å². The number of rotatable bonds is 14. The van der Waals surface area contributed by atoms with Gasteiger partial charge >= 0.3 is 0 Å². The van der Waals surface area contributed by atoms with Crippen molar-refractivity contribution in [3.8, 4) is 56.9 Å². The molecule has 2 aromatic heterocycles. The van der Waals surface area contributed by atoms with Crippen LogP contribution in [0.2, 0.25) is 0 Å². The molecule has 51 heavy (non-hydrogen) atoms. The number of para-hydroxylation sites is 1. The van der Waals surface area contributed by atoms with E-state index in [2.05, 4.69) is 63.3 Å². The second-order valence-corrected chi connectivity index (χ2v) is 12.4. The van der Waals surface area contributed by atoms with Crippen LogP contribution in [0.15, 0.2) is 91.4 Å². The van der Waals surface area contributed by atoms with Crippen LogP contribution in [-0.2, 0) is 13.1 Å². The molecule has 0 amide bonds. The molecule has 1 aliphatic heterocycles. The number of methoxy groups -OCH3 is 6. The lowest BCUT2D eigenvalue weighted by Gasteiger charge is -2.40. The van der Waals surface area contributed by atoms with E-state index in [0.717, 1.165) is 67.0 Å². The van der Waals surface area contributed by atoms with Crippen molar-refractivity contribution in [3.63, 3.8) is 0 Å². The van der Waals surface area contributed by atoms with E-state index in [4.69, 9.17) is 33.4 Å². The molecule has 10 heteroatoms. The molecule has 0 bridgehead atoms. The summed E-state index contributed by atoms with van der Waals surface area (Å²) in [4.78, 5) is 14.4. The Morgan fingerprint density at radius 1 is 0.627 bits per heavy atom. The Labute approximate surface area is 300 Å². The highest BCUT2D eigenvalue weighted by Crippen LogP contribution is 2.42. The maximum atomic E-state index is 5.61. The number of ether oxygens (including phenoxy) is 6. The van der Waals surface area contributed by atoms with E-state index >= 15 is 0 Å². The summed E-state index contributed by atoms with van der Waals surface area (Å²) in [5, 5.41) is 0. The van der Waals surface area contributed by atoms with Crippen molar-refractivity contribution in [2.24, 2.45) is 0 Å². The van der Waals surface area contributed by atoms with Gasteiger partial charge < -0.3 is 33.3 Å². The highest BCUT2D eigenvalue weighted by molar-refractivity contribution is 5.71. The van der Waals surface area contributed by atoms with E-state index in [-0.39, 0.29) is 0 Å². The van der Waals surface area contributed by atoms with Crippen molar-refractivity contribution < 1.29 is 28.4 Å². The third kappa shape index (κ3) is 7.97. The molecule has 10 nitrogen and oxygen atoms in total. The van der Waals surface area contributed by atoms with Gasteiger partial charge in [-0.1, -0.05) is 18.2 Å². The largest absolute Gasteiger partial charge is 0.493 e. The average Bonchev–Trinajstić information content (AvgIpc) is 3.19. The van der Waals surface area contributed by atoms with Gasteiger partial charge in [-0.15, -0.1) is 0 Å². The van der Waals surface area contributed by atoms with Gasteiger partial charge in [-0.25, -0.2) is 0 Å². The number of piperidine rings is 1. The molecule has 0 N–H and O–H groups in total. The van der Waals surface area contributed by atoms with Crippen molar-refractivity contribution in [3.05, 3.63) is 103 Å². The summed E-state index contributed by atoms with van der Waals surface area (Å²) in [7, 11) is 9.73. The van der Waals surface area contributed by atoms with Gasteiger partial charge in [0, 0.05) is 67.6 Å². The van der Waals surface area contributed by atoms with Crippen molar-refractivity contribution in [1.29, 1.82) is 0 Å². The van der Waals surface area contributed by atoms with Crippen molar-refractivity contribution >= 4 is 5.69 Å². The molecule has 0 radical (unpaired) electrons. The summed E-state index contributed by atoms with van der Waals surface area (Å²) in [5.41, 5.74) is 7.25. The van der Waals surface area contributed by atoms with E-state index in [0.29, 0.717) is 40.5 Å². The minimum absolute atomic E-state index is 0.380. The minimum Gasteiger partial charge on any atom is -0.493 e. The fourth-order valence-corrected chi connectivity index (χ4v) is 6.83. The first-order chi connectivity index (χ1) is 25.0. The van der Waals surface area contributed by atoms with Gasteiger partial charge in [-0.05, 0) is 84.1 Å². The molecular formula is C41H46N4O6. The zero-order valence-corrected chi connectivity index (χ0v) is 30.2. The number of pyridine rings is 2. The van der Waals surface area contributed by atoms with Crippen molar-refractivity contribution in [2.45, 2.75) is 32.0 Å². The lowest BCUT2D eigenvalue weighted by Crippen LogP contribution is -2.44. The standard InChI is InChI=1S/C41H46N4O6/c1-46-36-20-30(21-37(47-2)40(36)50-5)32-18-29(24-42-25-32)26-44-16-13-34(14-17-44)45(33-10-8-7-9-11-33)27-28-12-15-43-35(19-28)31-22-38(48-3)41(51-6)39(23-31)49-4/h7-12,15,18-25,34H,13-14,16-17,26-27H2,1-6H3. The monoisotopic (exact) mass is 690 g/mol.